The zero-order valence-electron chi connectivity index (χ0n) is 17.6. The van der Waals surface area contributed by atoms with Gasteiger partial charge in [-0.15, -0.1) is 0 Å². The molecule has 2 fully saturated rings. The fourth-order valence-electron chi connectivity index (χ4n) is 4.22. The molecular weight excluding hydrogens is 376 g/mol. The van der Waals surface area contributed by atoms with Crippen LogP contribution in [0.15, 0.2) is 48.5 Å². The molecule has 6 heteroatoms. The van der Waals surface area contributed by atoms with Crippen LogP contribution in [0.5, 0.6) is 0 Å². The van der Waals surface area contributed by atoms with Crippen molar-refractivity contribution in [1.29, 1.82) is 0 Å². The molecule has 2 heterocycles. The molecule has 0 bridgehead atoms. The van der Waals surface area contributed by atoms with E-state index in [1.54, 1.807) is 0 Å². The summed E-state index contributed by atoms with van der Waals surface area (Å²) >= 11 is 0. The van der Waals surface area contributed by atoms with E-state index >= 15 is 0 Å². The van der Waals surface area contributed by atoms with Gasteiger partial charge in [-0.1, -0.05) is 25.1 Å². The summed E-state index contributed by atoms with van der Waals surface area (Å²) in [6, 6.07) is 14.7. The molecule has 0 aliphatic carbocycles. The maximum absolute atomic E-state index is 13.3. The maximum atomic E-state index is 13.3. The van der Waals surface area contributed by atoms with Crippen molar-refractivity contribution in [2.45, 2.75) is 32.6 Å². The molecule has 0 unspecified atom stereocenters. The summed E-state index contributed by atoms with van der Waals surface area (Å²) < 4.78 is 0. The number of benzene rings is 2. The Kier molecular flexibility index (Phi) is 6.21. The lowest BCUT2D eigenvalue weighted by Crippen LogP contribution is -2.35. The third kappa shape index (κ3) is 4.75. The summed E-state index contributed by atoms with van der Waals surface area (Å²) in [4.78, 5) is 29.9. The highest BCUT2D eigenvalue weighted by molar-refractivity contribution is 6.04. The van der Waals surface area contributed by atoms with Crippen LogP contribution in [0.2, 0.25) is 0 Å². The van der Waals surface area contributed by atoms with Gasteiger partial charge in [0.25, 0.3) is 5.91 Å². The Hall–Kier alpha value is -3.02. The third-order valence-electron chi connectivity index (χ3n) is 6.03. The number of hydrogen-bond donors (Lipinski definition) is 2. The van der Waals surface area contributed by atoms with E-state index in [4.69, 9.17) is 0 Å². The lowest BCUT2D eigenvalue weighted by atomic mass is 9.97. The second-order valence-corrected chi connectivity index (χ2v) is 8.35. The minimum Gasteiger partial charge on any atom is -0.371 e. The number of carbonyl (C=O) groups excluding carboxylic acids is 2. The SMILES string of the molecule is CC1CCN(c2ccc(NC(=O)Nc3ccccc3)cc2C(=O)N2CCCC2)CC1. The molecule has 0 spiro atoms. The van der Waals surface area contributed by atoms with Gasteiger partial charge in [-0.2, -0.15) is 0 Å². The first-order valence-corrected chi connectivity index (χ1v) is 10.9. The van der Waals surface area contributed by atoms with Gasteiger partial charge >= 0.3 is 6.03 Å². The van der Waals surface area contributed by atoms with E-state index in [-0.39, 0.29) is 11.9 Å². The highest BCUT2D eigenvalue weighted by Crippen LogP contribution is 2.30. The third-order valence-corrected chi connectivity index (χ3v) is 6.03. The number of para-hydroxylation sites is 1. The van der Waals surface area contributed by atoms with Crippen molar-refractivity contribution in [3.8, 4) is 0 Å². The minimum atomic E-state index is -0.319. The van der Waals surface area contributed by atoms with Crippen LogP contribution in [-0.4, -0.2) is 43.0 Å². The molecular formula is C24H30N4O2. The van der Waals surface area contributed by atoms with Gasteiger partial charge in [-0.25, -0.2) is 4.79 Å². The Labute approximate surface area is 178 Å². The van der Waals surface area contributed by atoms with E-state index in [0.29, 0.717) is 11.3 Å². The second kappa shape index (κ2) is 9.20. The average Bonchev–Trinajstić information content (AvgIpc) is 3.29. The molecule has 2 saturated heterocycles. The molecule has 2 aromatic rings. The van der Waals surface area contributed by atoms with Crippen molar-refractivity contribution in [1.82, 2.24) is 4.90 Å². The molecule has 0 aromatic heterocycles. The topological polar surface area (TPSA) is 64.7 Å². The first kappa shape index (κ1) is 20.3. The van der Waals surface area contributed by atoms with E-state index in [2.05, 4.69) is 22.5 Å². The van der Waals surface area contributed by atoms with Gasteiger partial charge < -0.3 is 20.4 Å². The van der Waals surface area contributed by atoms with Gasteiger partial charge in [0, 0.05) is 43.2 Å². The van der Waals surface area contributed by atoms with Crippen molar-refractivity contribution in [2.24, 2.45) is 5.92 Å². The predicted molar refractivity (Wildman–Crippen MR) is 121 cm³/mol. The van der Waals surface area contributed by atoms with Crippen LogP contribution in [0.3, 0.4) is 0 Å². The standard InChI is InChI=1S/C24H30N4O2/c1-18-11-15-27(16-12-18)22-10-9-20(17-21(22)23(29)28-13-5-6-14-28)26-24(30)25-19-7-3-2-4-8-19/h2-4,7-10,17-18H,5-6,11-16H2,1H3,(H2,25,26,30). The Balaban J connectivity index is 1.55. The van der Waals surface area contributed by atoms with Gasteiger partial charge in [-0.05, 0) is 61.9 Å². The Bertz CT molecular complexity index is 885. The molecule has 30 heavy (non-hydrogen) atoms. The second-order valence-electron chi connectivity index (χ2n) is 8.35. The van der Waals surface area contributed by atoms with Gasteiger partial charge in [0.2, 0.25) is 0 Å². The van der Waals surface area contributed by atoms with Gasteiger partial charge in [0.1, 0.15) is 0 Å². The Morgan fingerprint density at radius 1 is 0.867 bits per heavy atom. The number of nitrogens with zero attached hydrogens (tertiary/aromatic N) is 2. The highest BCUT2D eigenvalue weighted by atomic mass is 16.2. The quantitative estimate of drug-likeness (QED) is 0.766. The number of nitrogens with one attached hydrogen (secondary N) is 2. The van der Waals surface area contributed by atoms with Crippen molar-refractivity contribution in [3.63, 3.8) is 0 Å². The summed E-state index contributed by atoms with van der Waals surface area (Å²) in [6.45, 7) is 5.82. The summed E-state index contributed by atoms with van der Waals surface area (Å²) in [7, 11) is 0. The number of amides is 3. The highest BCUT2D eigenvalue weighted by Gasteiger charge is 2.26. The molecule has 2 aliphatic rings. The Morgan fingerprint density at radius 3 is 2.23 bits per heavy atom. The number of likely N-dealkylation sites (tertiary alicyclic amines) is 1. The lowest BCUT2D eigenvalue weighted by molar-refractivity contribution is 0.0793. The number of rotatable bonds is 4. The van der Waals surface area contributed by atoms with Gasteiger partial charge in [0.15, 0.2) is 0 Å². The average molecular weight is 407 g/mol. The van der Waals surface area contributed by atoms with Crippen LogP contribution in [0.1, 0.15) is 43.0 Å². The molecule has 2 aliphatic heterocycles. The van der Waals surface area contributed by atoms with Crippen LogP contribution in [0.4, 0.5) is 21.9 Å². The smallest absolute Gasteiger partial charge is 0.323 e. The first-order valence-electron chi connectivity index (χ1n) is 10.9. The molecule has 158 valence electrons. The summed E-state index contributed by atoms with van der Waals surface area (Å²) in [5.74, 6) is 0.787. The predicted octanol–water partition coefficient (Wildman–Crippen LogP) is 4.80. The molecule has 2 aromatic carbocycles. The monoisotopic (exact) mass is 406 g/mol. The van der Waals surface area contributed by atoms with Gasteiger partial charge in [-0.3, -0.25) is 4.79 Å². The number of carbonyl (C=O) groups is 2. The Morgan fingerprint density at radius 2 is 1.53 bits per heavy atom. The summed E-state index contributed by atoms with van der Waals surface area (Å²) in [5.41, 5.74) is 3.01. The molecule has 6 nitrogen and oxygen atoms in total. The number of piperidine rings is 1. The number of urea groups is 1. The molecule has 2 N–H and O–H groups in total. The van der Waals surface area contributed by atoms with Crippen molar-refractivity contribution < 1.29 is 9.59 Å². The fraction of sp³-hybridized carbons (Fsp3) is 0.417. The van der Waals surface area contributed by atoms with E-state index in [1.807, 2.05) is 53.4 Å². The van der Waals surface area contributed by atoms with Crippen molar-refractivity contribution >= 4 is 29.0 Å². The van der Waals surface area contributed by atoms with Crippen LogP contribution >= 0.6 is 0 Å². The van der Waals surface area contributed by atoms with Crippen LogP contribution in [0, 0.1) is 5.92 Å². The number of anilines is 3. The lowest BCUT2D eigenvalue weighted by Gasteiger charge is -2.34. The van der Waals surface area contributed by atoms with Crippen molar-refractivity contribution in [2.75, 3.05) is 41.7 Å². The molecule has 0 atom stereocenters. The van der Waals surface area contributed by atoms with Crippen molar-refractivity contribution in [3.05, 3.63) is 54.1 Å². The maximum Gasteiger partial charge on any atom is 0.323 e. The van der Waals surface area contributed by atoms with Crippen LogP contribution in [-0.2, 0) is 0 Å². The van der Waals surface area contributed by atoms with E-state index < -0.39 is 0 Å². The van der Waals surface area contributed by atoms with Crippen LogP contribution in [0.25, 0.3) is 0 Å². The first-order chi connectivity index (χ1) is 14.6. The number of hydrogen-bond acceptors (Lipinski definition) is 3. The fourth-order valence-corrected chi connectivity index (χ4v) is 4.22. The van der Waals surface area contributed by atoms with E-state index in [0.717, 1.165) is 69.2 Å². The largest absolute Gasteiger partial charge is 0.371 e. The van der Waals surface area contributed by atoms with E-state index in [1.165, 1.54) is 0 Å². The summed E-state index contributed by atoms with van der Waals surface area (Å²) in [5, 5.41) is 5.70. The minimum absolute atomic E-state index is 0.0632. The van der Waals surface area contributed by atoms with Crippen LogP contribution < -0.4 is 15.5 Å². The van der Waals surface area contributed by atoms with E-state index in [9.17, 15) is 9.59 Å². The summed E-state index contributed by atoms with van der Waals surface area (Å²) in [6.07, 6.45) is 4.38. The molecule has 4 rings (SSSR count). The van der Waals surface area contributed by atoms with Gasteiger partial charge in [0.05, 0.1) is 5.56 Å². The molecule has 0 saturated carbocycles. The molecule has 0 radical (unpaired) electrons. The zero-order chi connectivity index (χ0) is 20.9. The normalized spacial score (nSPS) is 17.1. The molecule has 3 amide bonds. The zero-order valence-corrected chi connectivity index (χ0v) is 17.6.